The van der Waals surface area contributed by atoms with Crippen LogP contribution in [-0.4, -0.2) is 48.3 Å². The van der Waals surface area contributed by atoms with E-state index in [4.69, 9.17) is 14.0 Å². The number of benzene rings is 1. The molecule has 0 spiro atoms. The average molecular weight is 397 g/mol. The third-order valence-corrected chi connectivity index (χ3v) is 5.26. The standard InChI is InChI=1S/C20H23N5O4/c1-12-17-18(21-11-22-20(17)29-24-12)25-8-6-13(7-9-25)19(26)23-15-5-4-14(27-2)10-16(15)28-3/h4-5,10-11,13H,6-9H2,1-3H3,(H,23,26). The molecule has 0 bridgehead atoms. The van der Waals surface area contributed by atoms with Crippen molar-refractivity contribution in [2.45, 2.75) is 19.8 Å². The first-order valence-electron chi connectivity index (χ1n) is 9.45. The van der Waals surface area contributed by atoms with Crippen molar-refractivity contribution in [3.63, 3.8) is 0 Å². The maximum Gasteiger partial charge on any atom is 0.263 e. The van der Waals surface area contributed by atoms with Gasteiger partial charge in [-0.2, -0.15) is 4.98 Å². The zero-order chi connectivity index (χ0) is 20.4. The van der Waals surface area contributed by atoms with Crippen molar-refractivity contribution < 1.29 is 18.8 Å². The molecule has 1 aliphatic rings. The average Bonchev–Trinajstić information content (AvgIpc) is 3.15. The first-order chi connectivity index (χ1) is 14.1. The fraction of sp³-hybridized carbons (Fsp3) is 0.400. The van der Waals surface area contributed by atoms with Crippen molar-refractivity contribution in [1.82, 2.24) is 15.1 Å². The summed E-state index contributed by atoms with van der Waals surface area (Å²) < 4.78 is 15.8. The first-order valence-corrected chi connectivity index (χ1v) is 9.45. The number of fused-ring (bicyclic) bond motifs is 1. The Morgan fingerprint density at radius 1 is 1.21 bits per heavy atom. The maximum absolute atomic E-state index is 12.8. The van der Waals surface area contributed by atoms with Crippen molar-refractivity contribution in [3.8, 4) is 11.5 Å². The number of nitrogens with one attached hydrogen (secondary N) is 1. The van der Waals surface area contributed by atoms with E-state index in [1.807, 2.05) is 6.92 Å². The molecule has 1 saturated heterocycles. The van der Waals surface area contributed by atoms with Gasteiger partial charge in [0, 0.05) is 25.1 Å². The number of anilines is 2. The Hall–Kier alpha value is -3.36. The molecular weight excluding hydrogens is 374 g/mol. The van der Waals surface area contributed by atoms with Gasteiger partial charge < -0.3 is 24.2 Å². The van der Waals surface area contributed by atoms with Crippen LogP contribution in [0.2, 0.25) is 0 Å². The normalized spacial score (nSPS) is 14.8. The molecule has 0 saturated carbocycles. The number of rotatable bonds is 5. The van der Waals surface area contributed by atoms with Crippen LogP contribution in [0.4, 0.5) is 11.5 Å². The highest BCUT2D eigenvalue weighted by Crippen LogP contribution is 2.32. The minimum Gasteiger partial charge on any atom is -0.497 e. The molecule has 9 nitrogen and oxygen atoms in total. The van der Waals surface area contributed by atoms with Gasteiger partial charge in [-0.25, -0.2) is 4.98 Å². The van der Waals surface area contributed by atoms with Crippen LogP contribution in [0.3, 0.4) is 0 Å². The number of carbonyl (C=O) groups excluding carboxylic acids is 1. The van der Waals surface area contributed by atoms with E-state index in [1.54, 1.807) is 32.4 Å². The molecule has 2 aromatic heterocycles. The van der Waals surface area contributed by atoms with Gasteiger partial charge in [0.05, 0.1) is 25.6 Å². The summed E-state index contributed by atoms with van der Waals surface area (Å²) in [7, 11) is 3.16. The highest BCUT2D eigenvalue weighted by Gasteiger charge is 2.28. The molecule has 1 aromatic carbocycles. The fourth-order valence-electron chi connectivity index (χ4n) is 3.63. The third-order valence-electron chi connectivity index (χ3n) is 5.26. The molecule has 1 aliphatic heterocycles. The van der Waals surface area contributed by atoms with Gasteiger partial charge in [0.25, 0.3) is 5.71 Å². The van der Waals surface area contributed by atoms with E-state index < -0.39 is 0 Å². The number of aromatic nitrogens is 3. The SMILES string of the molecule is COc1ccc(NC(=O)C2CCN(c3ncnc4onc(C)c34)CC2)c(OC)c1. The molecule has 1 amide bonds. The lowest BCUT2D eigenvalue weighted by Crippen LogP contribution is -2.38. The third kappa shape index (κ3) is 3.67. The summed E-state index contributed by atoms with van der Waals surface area (Å²) >= 11 is 0. The highest BCUT2D eigenvalue weighted by molar-refractivity contribution is 5.94. The molecule has 0 radical (unpaired) electrons. The smallest absolute Gasteiger partial charge is 0.263 e. The monoisotopic (exact) mass is 397 g/mol. The Labute approximate surface area is 168 Å². The number of carbonyl (C=O) groups is 1. The Bertz CT molecular complexity index is 1030. The minimum absolute atomic E-state index is 0.0119. The van der Waals surface area contributed by atoms with Crippen LogP contribution in [-0.2, 0) is 4.79 Å². The lowest BCUT2D eigenvalue weighted by Gasteiger charge is -2.32. The highest BCUT2D eigenvalue weighted by atomic mass is 16.5. The van der Waals surface area contributed by atoms with E-state index in [0.717, 1.165) is 29.7 Å². The van der Waals surface area contributed by atoms with Crippen molar-refractivity contribution >= 4 is 28.5 Å². The summed E-state index contributed by atoms with van der Waals surface area (Å²) in [6, 6.07) is 5.33. The second kappa shape index (κ2) is 7.94. The van der Waals surface area contributed by atoms with Crippen LogP contribution in [0.5, 0.6) is 11.5 Å². The zero-order valence-corrected chi connectivity index (χ0v) is 16.6. The Balaban J connectivity index is 1.43. The van der Waals surface area contributed by atoms with Crippen LogP contribution >= 0.6 is 0 Å². The number of aryl methyl sites for hydroxylation is 1. The fourth-order valence-corrected chi connectivity index (χ4v) is 3.63. The van der Waals surface area contributed by atoms with Crippen molar-refractivity contribution in [2.75, 3.05) is 37.5 Å². The molecule has 1 N–H and O–H groups in total. The molecule has 0 unspecified atom stereocenters. The summed E-state index contributed by atoms with van der Waals surface area (Å²) in [6.45, 7) is 3.31. The molecule has 152 valence electrons. The number of hydrogen-bond donors (Lipinski definition) is 1. The number of nitrogens with zero attached hydrogens (tertiary/aromatic N) is 4. The zero-order valence-electron chi connectivity index (χ0n) is 16.6. The lowest BCUT2D eigenvalue weighted by atomic mass is 9.95. The molecule has 0 atom stereocenters. The number of piperidine rings is 1. The summed E-state index contributed by atoms with van der Waals surface area (Å²) in [5, 5.41) is 7.80. The van der Waals surface area contributed by atoms with Crippen LogP contribution in [0.25, 0.3) is 11.1 Å². The van der Waals surface area contributed by atoms with Gasteiger partial charge in [-0.1, -0.05) is 5.16 Å². The van der Waals surface area contributed by atoms with Crippen LogP contribution < -0.4 is 19.7 Å². The van der Waals surface area contributed by atoms with E-state index in [9.17, 15) is 4.79 Å². The predicted molar refractivity (Wildman–Crippen MR) is 107 cm³/mol. The van der Waals surface area contributed by atoms with Crippen molar-refractivity contribution in [3.05, 3.63) is 30.2 Å². The Kier molecular flexibility index (Phi) is 5.20. The number of methoxy groups -OCH3 is 2. The summed E-state index contributed by atoms with van der Waals surface area (Å²) in [4.78, 5) is 23.5. The second-order valence-corrected chi connectivity index (χ2v) is 6.96. The molecule has 3 aromatic rings. The van der Waals surface area contributed by atoms with Gasteiger partial charge in [0.15, 0.2) is 0 Å². The van der Waals surface area contributed by atoms with Gasteiger partial charge in [-0.3, -0.25) is 4.79 Å². The van der Waals surface area contributed by atoms with Crippen LogP contribution in [0.1, 0.15) is 18.5 Å². The van der Waals surface area contributed by atoms with Gasteiger partial charge in [0.1, 0.15) is 29.0 Å². The van der Waals surface area contributed by atoms with E-state index in [1.165, 1.54) is 6.33 Å². The maximum atomic E-state index is 12.8. The van der Waals surface area contributed by atoms with Crippen LogP contribution in [0, 0.1) is 12.8 Å². The molecule has 3 heterocycles. The van der Waals surface area contributed by atoms with Gasteiger partial charge >= 0.3 is 0 Å². The number of amides is 1. The molecule has 9 heteroatoms. The summed E-state index contributed by atoms with van der Waals surface area (Å²) in [5.74, 6) is 1.96. The van der Waals surface area contributed by atoms with Gasteiger partial charge in [-0.05, 0) is 31.9 Å². The van der Waals surface area contributed by atoms with E-state index in [2.05, 4.69) is 25.3 Å². The van der Waals surface area contributed by atoms with Crippen LogP contribution in [0.15, 0.2) is 29.0 Å². The number of hydrogen-bond acceptors (Lipinski definition) is 8. The number of ether oxygens (including phenoxy) is 2. The minimum atomic E-state index is -0.0843. The Morgan fingerprint density at radius 2 is 2.00 bits per heavy atom. The van der Waals surface area contributed by atoms with E-state index in [0.29, 0.717) is 36.0 Å². The molecule has 0 aliphatic carbocycles. The molecular formula is C20H23N5O4. The van der Waals surface area contributed by atoms with Crippen molar-refractivity contribution in [2.24, 2.45) is 5.92 Å². The predicted octanol–water partition coefficient (Wildman–Crippen LogP) is 2.80. The van der Waals surface area contributed by atoms with Gasteiger partial charge in [-0.15, -0.1) is 0 Å². The molecule has 4 rings (SSSR count). The first kappa shape index (κ1) is 19.0. The van der Waals surface area contributed by atoms with Crippen molar-refractivity contribution in [1.29, 1.82) is 0 Å². The Morgan fingerprint density at radius 3 is 2.72 bits per heavy atom. The summed E-state index contributed by atoms with van der Waals surface area (Å²) in [6.07, 6.45) is 2.93. The van der Waals surface area contributed by atoms with E-state index >= 15 is 0 Å². The summed E-state index contributed by atoms with van der Waals surface area (Å²) in [5.41, 5.74) is 1.89. The molecule has 29 heavy (non-hydrogen) atoms. The quantitative estimate of drug-likeness (QED) is 0.701. The molecule has 1 fully saturated rings. The largest absolute Gasteiger partial charge is 0.497 e. The second-order valence-electron chi connectivity index (χ2n) is 6.96. The topological polar surface area (TPSA) is 103 Å². The van der Waals surface area contributed by atoms with Gasteiger partial charge in [0.2, 0.25) is 5.91 Å². The van der Waals surface area contributed by atoms with E-state index in [-0.39, 0.29) is 11.8 Å². The lowest BCUT2D eigenvalue weighted by molar-refractivity contribution is -0.120.